The van der Waals surface area contributed by atoms with E-state index in [1.807, 2.05) is 113 Å². The van der Waals surface area contributed by atoms with Crippen molar-refractivity contribution in [1.29, 1.82) is 0 Å². The number of hydrogen-bond acceptors (Lipinski definition) is 10. The van der Waals surface area contributed by atoms with E-state index in [-0.39, 0.29) is 12.1 Å². The highest BCUT2D eigenvalue weighted by atomic mass is 32.1. The Morgan fingerprint density at radius 1 is 0.542 bits per heavy atom. The first-order chi connectivity index (χ1) is 23.3. The van der Waals surface area contributed by atoms with Gasteiger partial charge < -0.3 is 0 Å². The minimum Gasteiger partial charge on any atom is -0.286 e. The molecular formula is C38H36N8S2. The standard InChI is InChI=1S/C38H36N8S2/c1-25-35-7-5-9-37(45-35)27(3)44-34(20-30-13-17-32(18-14-30)42-24-48)22-40-26(2)36-8-6-10-38(46-36)28(4)43-33(21-39-25)19-29-11-15-31(16-12-29)41-23-47/h5-18,33-34H,19-22H2,1-4H3/b39-25+,40-26+,43-28+,44-27+/t33-,34-/m0/s1. The number of thiocarbonyl (C=S) groups is 2. The van der Waals surface area contributed by atoms with Crippen LogP contribution in [0.5, 0.6) is 0 Å². The zero-order valence-electron chi connectivity index (χ0n) is 27.5. The number of isothiocyanates is 2. The third-order valence-corrected chi connectivity index (χ3v) is 8.16. The van der Waals surface area contributed by atoms with E-state index < -0.39 is 0 Å². The summed E-state index contributed by atoms with van der Waals surface area (Å²) < 4.78 is 0. The highest BCUT2D eigenvalue weighted by Crippen LogP contribution is 2.18. The topological polar surface area (TPSA) is 99.9 Å². The molecule has 0 spiro atoms. The molecule has 2 aromatic carbocycles. The van der Waals surface area contributed by atoms with Crippen molar-refractivity contribution in [3.05, 3.63) is 119 Å². The molecule has 0 unspecified atom stereocenters. The molecule has 0 saturated heterocycles. The first-order valence-corrected chi connectivity index (χ1v) is 16.5. The van der Waals surface area contributed by atoms with Crippen molar-refractivity contribution < 1.29 is 0 Å². The minimum atomic E-state index is -0.124. The fourth-order valence-corrected chi connectivity index (χ4v) is 5.58. The number of aromatic nitrogens is 2. The Kier molecular flexibility index (Phi) is 12.0. The maximum atomic E-state index is 5.15. The largest absolute Gasteiger partial charge is 0.286 e. The molecule has 4 bridgehead atoms. The molecule has 2 atom stereocenters. The zero-order valence-corrected chi connectivity index (χ0v) is 29.1. The summed E-state index contributed by atoms with van der Waals surface area (Å²) in [6.07, 6.45) is 1.39. The molecule has 2 aromatic heterocycles. The molecule has 5 rings (SSSR count). The van der Waals surface area contributed by atoms with Gasteiger partial charge in [-0.3, -0.25) is 20.0 Å². The smallest absolute Gasteiger partial charge is 0.0845 e. The summed E-state index contributed by atoms with van der Waals surface area (Å²) >= 11 is 9.51. The second-order valence-electron chi connectivity index (χ2n) is 11.6. The molecule has 1 aliphatic heterocycles. The molecule has 0 aliphatic carbocycles. The predicted octanol–water partition coefficient (Wildman–Crippen LogP) is 8.12. The van der Waals surface area contributed by atoms with Crippen molar-refractivity contribution in [1.82, 2.24) is 9.97 Å². The Balaban J connectivity index is 1.53. The van der Waals surface area contributed by atoms with Crippen molar-refractivity contribution in [2.75, 3.05) is 13.1 Å². The molecule has 0 fully saturated rings. The normalized spacial score (nSPS) is 21.2. The van der Waals surface area contributed by atoms with Gasteiger partial charge in [-0.2, -0.15) is 9.98 Å². The van der Waals surface area contributed by atoms with Crippen LogP contribution >= 0.6 is 24.4 Å². The predicted molar refractivity (Wildman–Crippen MR) is 204 cm³/mol. The molecule has 0 N–H and O–H groups in total. The molecule has 3 heterocycles. The van der Waals surface area contributed by atoms with Crippen molar-refractivity contribution in [2.45, 2.75) is 52.6 Å². The summed E-state index contributed by atoms with van der Waals surface area (Å²) in [5.74, 6) is 0. The average Bonchev–Trinajstić information content (AvgIpc) is 3.10. The number of benzene rings is 2. The molecule has 0 radical (unpaired) electrons. The molecule has 240 valence electrons. The van der Waals surface area contributed by atoms with E-state index >= 15 is 0 Å². The van der Waals surface area contributed by atoms with E-state index in [0.29, 0.717) is 25.9 Å². The fraction of sp³-hybridized carbons (Fsp3) is 0.263. The first kappa shape index (κ1) is 34.4. The second-order valence-corrected chi connectivity index (χ2v) is 11.9. The lowest BCUT2D eigenvalue weighted by molar-refractivity contribution is 0.680. The van der Waals surface area contributed by atoms with E-state index in [9.17, 15) is 0 Å². The van der Waals surface area contributed by atoms with Crippen LogP contribution in [0.4, 0.5) is 11.4 Å². The summed E-state index contributed by atoms with van der Waals surface area (Å²) in [5.41, 5.74) is 10.4. The van der Waals surface area contributed by atoms with Crippen LogP contribution in [0, 0.1) is 0 Å². The Labute approximate surface area is 292 Å². The van der Waals surface area contributed by atoms with Gasteiger partial charge in [-0.15, -0.1) is 0 Å². The van der Waals surface area contributed by atoms with Crippen LogP contribution in [0.1, 0.15) is 61.6 Å². The lowest BCUT2D eigenvalue weighted by Gasteiger charge is -2.15. The molecule has 8 nitrogen and oxygen atoms in total. The summed E-state index contributed by atoms with van der Waals surface area (Å²) in [5, 5.41) is 4.84. The van der Waals surface area contributed by atoms with E-state index in [2.05, 4.69) is 20.3 Å². The molecular weight excluding hydrogens is 633 g/mol. The van der Waals surface area contributed by atoms with Gasteiger partial charge in [-0.1, -0.05) is 36.4 Å². The first-order valence-electron chi connectivity index (χ1n) is 15.7. The highest BCUT2D eigenvalue weighted by Gasteiger charge is 2.15. The van der Waals surface area contributed by atoms with Crippen LogP contribution in [0.2, 0.25) is 0 Å². The van der Waals surface area contributed by atoms with E-state index in [0.717, 1.165) is 68.1 Å². The lowest BCUT2D eigenvalue weighted by Crippen LogP contribution is -2.19. The van der Waals surface area contributed by atoms with Gasteiger partial charge in [-0.25, -0.2) is 9.97 Å². The van der Waals surface area contributed by atoms with E-state index in [4.69, 9.17) is 54.4 Å². The van der Waals surface area contributed by atoms with Crippen molar-refractivity contribution >= 4 is 69.0 Å². The maximum Gasteiger partial charge on any atom is 0.0845 e. The Morgan fingerprint density at radius 2 is 0.896 bits per heavy atom. The summed E-state index contributed by atoms with van der Waals surface area (Å²) in [4.78, 5) is 38.3. The number of nitrogens with zero attached hydrogens (tertiary/aromatic N) is 8. The van der Waals surface area contributed by atoms with Crippen LogP contribution in [-0.2, 0) is 12.8 Å². The van der Waals surface area contributed by atoms with Crippen molar-refractivity contribution in [3.63, 3.8) is 0 Å². The lowest BCUT2D eigenvalue weighted by atomic mass is 10.0. The van der Waals surface area contributed by atoms with Gasteiger partial charge in [0.1, 0.15) is 0 Å². The van der Waals surface area contributed by atoms with Gasteiger partial charge >= 0.3 is 0 Å². The van der Waals surface area contributed by atoms with Crippen LogP contribution < -0.4 is 0 Å². The molecule has 0 amide bonds. The number of hydrogen-bond donors (Lipinski definition) is 0. The maximum absolute atomic E-state index is 5.15. The second kappa shape index (κ2) is 16.7. The number of rotatable bonds is 6. The van der Waals surface area contributed by atoms with Gasteiger partial charge in [0.05, 0.1) is 92.5 Å². The summed E-state index contributed by atoms with van der Waals surface area (Å²) in [7, 11) is 0. The number of aliphatic imine (C=N–C) groups is 6. The minimum absolute atomic E-state index is 0.124. The Bertz CT molecular complexity index is 1840. The van der Waals surface area contributed by atoms with Crippen LogP contribution in [0.25, 0.3) is 0 Å². The van der Waals surface area contributed by atoms with E-state index in [1.54, 1.807) is 0 Å². The quantitative estimate of drug-likeness (QED) is 0.153. The number of fused-ring (bicyclic) bond motifs is 4. The summed E-state index contributed by atoms with van der Waals surface area (Å²) in [6.45, 7) is 8.95. The monoisotopic (exact) mass is 668 g/mol. The molecule has 10 heteroatoms. The van der Waals surface area contributed by atoms with Crippen LogP contribution in [0.3, 0.4) is 0 Å². The SMILES string of the molecule is C/C1=N\C[C@H](Cc2ccc(N=C=S)cc2)/N=C(\C)c2cccc(n2)/C(C)=N/C[C@H](Cc2ccc(N=C=S)cc2)/N=C(\C)c2cccc1n2. The molecule has 48 heavy (non-hydrogen) atoms. The molecule has 1 aliphatic rings. The zero-order chi connectivity index (χ0) is 33.9. The van der Waals surface area contributed by atoms with Gasteiger partial charge in [-0.05, 0) is 125 Å². The van der Waals surface area contributed by atoms with Crippen LogP contribution in [-0.4, -0.2) is 68.3 Å². The van der Waals surface area contributed by atoms with Gasteiger partial charge in [0.25, 0.3) is 0 Å². The fourth-order valence-electron chi connectivity index (χ4n) is 5.37. The van der Waals surface area contributed by atoms with Gasteiger partial charge in [0.2, 0.25) is 0 Å². The van der Waals surface area contributed by atoms with Crippen molar-refractivity contribution in [3.8, 4) is 0 Å². The van der Waals surface area contributed by atoms with Crippen molar-refractivity contribution in [2.24, 2.45) is 30.0 Å². The summed E-state index contributed by atoms with van der Waals surface area (Å²) in [6, 6.07) is 27.6. The van der Waals surface area contributed by atoms with Gasteiger partial charge in [0.15, 0.2) is 0 Å². The third kappa shape index (κ3) is 9.53. The Morgan fingerprint density at radius 3 is 1.25 bits per heavy atom. The van der Waals surface area contributed by atoms with E-state index in [1.165, 1.54) is 0 Å². The Hall–Kier alpha value is -4.98. The van der Waals surface area contributed by atoms with Crippen LogP contribution in [0.15, 0.2) is 115 Å². The van der Waals surface area contributed by atoms with Gasteiger partial charge in [0, 0.05) is 0 Å². The molecule has 0 saturated carbocycles. The number of pyridine rings is 2. The third-order valence-electron chi connectivity index (χ3n) is 7.98. The highest BCUT2D eigenvalue weighted by molar-refractivity contribution is 7.78. The molecule has 4 aromatic rings. The average molecular weight is 669 g/mol.